The topological polar surface area (TPSA) is 41.9 Å². The van der Waals surface area contributed by atoms with Gasteiger partial charge in [0.15, 0.2) is 6.61 Å². The summed E-state index contributed by atoms with van der Waals surface area (Å²) in [6.45, 7) is 0.601. The monoisotopic (exact) mass is 333 g/mol. The number of alkyl halides is 3. The van der Waals surface area contributed by atoms with Gasteiger partial charge in [0.1, 0.15) is 5.75 Å². The Morgan fingerprint density at radius 2 is 1.83 bits per heavy atom. The maximum atomic E-state index is 12.1. The lowest BCUT2D eigenvalue weighted by Gasteiger charge is -2.43. The van der Waals surface area contributed by atoms with E-state index < -0.39 is 12.8 Å². The third-order valence-electron chi connectivity index (χ3n) is 4.27. The summed E-state index contributed by atoms with van der Waals surface area (Å²) in [5, 5.41) is 9.76. The fourth-order valence-corrected chi connectivity index (χ4v) is 2.71. The van der Waals surface area contributed by atoms with Crippen molar-refractivity contribution in [3.63, 3.8) is 0 Å². The van der Waals surface area contributed by atoms with E-state index in [1.165, 1.54) is 12.1 Å². The van der Waals surface area contributed by atoms with Crippen molar-refractivity contribution < 1.29 is 27.8 Å². The predicted molar refractivity (Wildman–Crippen MR) is 79.3 cm³/mol. The molecule has 0 radical (unpaired) electrons. The third-order valence-corrected chi connectivity index (χ3v) is 4.27. The lowest BCUT2D eigenvalue weighted by Crippen LogP contribution is -2.52. The van der Waals surface area contributed by atoms with Crippen molar-refractivity contribution in [2.24, 2.45) is 0 Å². The standard InChI is InChI=1S/C16H22F3NO3/c1-20(15(11-21)6-8-22-9-7-15)10-13-2-4-14(5-3-13)23-12-16(17,18)19/h2-5,21H,6-12H2,1H3. The molecule has 0 spiro atoms. The predicted octanol–water partition coefficient (Wildman–Crippen LogP) is 2.60. The average molecular weight is 333 g/mol. The highest BCUT2D eigenvalue weighted by Gasteiger charge is 2.35. The van der Waals surface area contributed by atoms with Crippen LogP contribution in [0, 0.1) is 0 Å². The van der Waals surface area contributed by atoms with Crippen molar-refractivity contribution in [3.8, 4) is 5.75 Å². The van der Waals surface area contributed by atoms with E-state index in [1.807, 2.05) is 7.05 Å². The van der Waals surface area contributed by atoms with E-state index in [-0.39, 0.29) is 17.9 Å². The molecular weight excluding hydrogens is 311 g/mol. The van der Waals surface area contributed by atoms with Crippen LogP contribution in [-0.2, 0) is 11.3 Å². The second kappa shape index (κ2) is 7.51. The molecule has 23 heavy (non-hydrogen) atoms. The van der Waals surface area contributed by atoms with Crippen LogP contribution < -0.4 is 4.74 Å². The van der Waals surface area contributed by atoms with E-state index in [0.717, 1.165) is 18.4 Å². The molecule has 0 saturated carbocycles. The summed E-state index contributed by atoms with van der Waals surface area (Å²) in [7, 11) is 1.94. The van der Waals surface area contributed by atoms with Crippen LogP contribution in [0.3, 0.4) is 0 Å². The van der Waals surface area contributed by atoms with Gasteiger partial charge in [-0.15, -0.1) is 0 Å². The third kappa shape index (κ3) is 5.09. The molecule has 7 heteroatoms. The van der Waals surface area contributed by atoms with Crippen LogP contribution in [0.1, 0.15) is 18.4 Å². The van der Waals surface area contributed by atoms with Crippen LogP contribution in [0.25, 0.3) is 0 Å². The fraction of sp³-hybridized carbons (Fsp3) is 0.625. The summed E-state index contributed by atoms with van der Waals surface area (Å²) in [5.41, 5.74) is 0.648. The molecule has 0 unspecified atom stereocenters. The van der Waals surface area contributed by atoms with Crippen molar-refractivity contribution >= 4 is 0 Å². The highest BCUT2D eigenvalue weighted by atomic mass is 19.4. The van der Waals surface area contributed by atoms with Gasteiger partial charge < -0.3 is 14.6 Å². The summed E-state index contributed by atoms with van der Waals surface area (Å²) >= 11 is 0. The van der Waals surface area contributed by atoms with Gasteiger partial charge in [0.2, 0.25) is 0 Å². The number of hydrogen-bond acceptors (Lipinski definition) is 4. The second-order valence-corrected chi connectivity index (χ2v) is 5.90. The highest BCUT2D eigenvalue weighted by molar-refractivity contribution is 5.27. The number of halogens is 3. The molecule has 1 aromatic rings. The maximum absolute atomic E-state index is 12.1. The Hall–Kier alpha value is -1.31. The van der Waals surface area contributed by atoms with Crippen molar-refractivity contribution in [2.45, 2.75) is 31.1 Å². The Kier molecular flexibility index (Phi) is 5.89. The van der Waals surface area contributed by atoms with E-state index in [0.29, 0.717) is 19.8 Å². The summed E-state index contributed by atoms with van der Waals surface area (Å²) < 4.78 is 46.4. The quantitative estimate of drug-likeness (QED) is 0.869. The van der Waals surface area contributed by atoms with Gasteiger partial charge in [-0.25, -0.2) is 0 Å². The molecule has 1 aliphatic heterocycles. The number of ether oxygens (including phenoxy) is 2. The van der Waals surface area contributed by atoms with Crippen molar-refractivity contribution in [3.05, 3.63) is 29.8 Å². The number of hydrogen-bond donors (Lipinski definition) is 1. The molecule has 0 aliphatic carbocycles. The van der Waals surface area contributed by atoms with E-state index in [9.17, 15) is 18.3 Å². The minimum Gasteiger partial charge on any atom is -0.484 e. The molecule has 1 N–H and O–H groups in total. The summed E-state index contributed by atoms with van der Waals surface area (Å²) in [6.07, 6.45) is -2.82. The average Bonchev–Trinajstić information content (AvgIpc) is 2.54. The van der Waals surface area contributed by atoms with Gasteiger partial charge in [-0.05, 0) is 37.6 Å². The minimum absolute atomic E-state index is 0.0552. The zero-order valence-electron chi connectivity index (χ0n) is 13.1. The van der Waals surface area contributed by atoms with E-state index >= 15 is 0 Å². The summed E-state index contributed by atoms with van der Waals surface area (Å²) in [6, 6.07) is 6.55. The van der Waals surface area contributed by atoms with Crippen LogP contribution >= 0.6 is 0 Å². The molecule has 2 rings (SSSR count). The lowest BCUT2D eigenvalue weighted by molar-refractivity contribution is -0.153. The number of likely N-dealkylation sites (N-methyl/N-ethyl adjacent to an activating group) is 1. The second-order valence-electron chi connectivity index (χ2n) is 5.90. The highest BCUT2D eigenvalue weighted by Crippen LogP contribution is 2.28. The number of benzene rings is 1. The van der Waals surface area contributed by atoms with Crippen LogP contribution in [-0.4, -0.2) is 55.2 Å². The first-order valence-electron chi connectivity index (χ1n) is 7.53. The molecule has 130 valence electrons. The van der Waals surface area contributed by atoms with Crippen LogP contribution in [0.4, 0.5) is 13.2 Å². The molecule has 0 bridgehead atoms. The van der Waals surface area contributed by atoms with Gasteiger partial charge in [-0.3, -0.25) is 4.90 Å². The lowest BCUT2D eigenvalue weighted by atomic mass is 9.89. The van der Waals surface area contributed by atoms with E-state index in [4.69, 9.17) is 9.47 Å². The molecular formula is C16H22F3NO3. The van der Waals surface area contributed by atoms with Gasteiger partial charge in [-0.2, -0.15) is 13.2 Å². The first-order chi connectivity index (χ1) is 10.8. The minimum atomic E-state index is -4.34. The summed E-state index contributed by atoms with van der Waals surface area (Å²) in [5.74, 6) is 0.191. The van der Waals surface area contributed by atoms with E-state index in [2.05, 4.69) is 4.90 Å². The Bertz CT molecular complexity index is 484. The zero-order chi connectivity index (χ0) is 16.9. The Labute approximate surface area is 133 Å². The molecule has 1 saturated heterocycles. The van der Waals surface area contributed by atoms with E-state index in [1.54, 1.807) is 12.1 Å². The Morgan fingerprint density at radius 3 is 2.35 bits per heavy atom. The Morgan fingerprint density at radius 1 is 1.22 bits per heavy atom. The molecule has 0 atom stereocenters. The molecule has 1 heterocycles. The zero-order valence-corrected chi connectivity index (χ0v) is 13.1. The van der Waals surface area contributed by atoms with Gasteiger partial charge in [0.05, 0.1) is 6.61 Å². The van der Waals surface area contributed by atoms with Crippen LogP contribution in [0.15, 0.2) is 24.3 Å². The van der Waals surface area contributed by atoms with Crippen LogP contribution in [0.2, 0.25) is 0 Å². The molecule has 4 nitrogen and oxygen atoms in total. The van der Waals surface area contributed by atoms with Crippen molar-refractivity contribution in [1.29, 1.82) is 0 Å². The smallest absolute Gasteiger partial charge is 0.422 e. The normalized spacial score (nSPS) is 18.2. The molecule has 0 aromatic heterocycles. The van der Waals surface area contributed by atoms with Gasteiger partial charge in [-0.1, -0.05) is 12.1 Å². The van der Waals surface area contributed by atoms with Crippen LogP contribution in [0.5, 0.6) is 5.75 Å². The molecule has 0 amide bonds. The van der Waals surface area contributed by atoms with Gasteiger partial charge in [0.25, 0.3) is 0 Å². The molecule has 1 fully saturated rings. The molecule has 1 aromatic carbocycles. The maximum Gasteiger partial charge on any atom is 0.422 e. The number of aliphatic hydroxyl groups is 1. The first kappa shape index (κ1) is 18.0. The largest absolute Gasteiger partial charge is 0.484 e. The number of aliphatic hydroxyl groups excluding tert-OH is 1. The number of rotatable bonds is 6. The molecule has 1 aliphatic rings. The number of nitrogens with zero attached hydrogens (tertiary/aromatic N) is 1. The van der Waals surface area contributed by atoms with Gasteiger partial charge >= 0.3 is 6.18 Å². The Balaban J connectivity index is 1.94. The SMILES string of the molecule is CN(Cc1ccc(OCC(F)(F)F)cc1)C1(CO)CCOCC1. The first-order valence-corrected chi connectivity index (χ1v) is 7.53. The van der Waals surface area contributed by atoms with Crippen molar-refractivity contribution in [2.75, 3.05) is 33.5 Å². The fourth-order valence-electron chi connectivity index (χ4n) is 2.71. The van der Waals surface area contributed by atoms with Gasteiger partial charge in [0, 0.05) is 25.3 Å². The summed E-state index contributed by atoms with van der Waals surface area (Å²) in [4.78, 5) is 2.08. The van der Waals surface area contributed by atoms with Crippen molar-refractivity contribution in [1.82, 2.24) is 4.90 Å².